The number of aromatic nitrogens is 4. The molecule has 6 heteroatoms. The second-order valence-electron chi connectivity index (χ2n) is 6.47. The monoisotopic (exact) mass is 335 g/mol. The van der Waals surface area contributed by atoms with Crippen LogP contribution >= 0.6 is 0 Å². The molecule has 0 aliphatic carbocycles. The van der Waals surface area contributed by atoms with Gasteiger partial charge in [-0.2, -0.15) is 5.10 Å². The van der Waals surface area contributed by atoms with Gasteiger partial charge in [-0.1, -0.05) is 12.1 Å². The zero-order valence-electron chi connectivity index (χ0n) is 14.0. The van der Waals surface area contributed by atoms with E-state index >= 15 is 0 Å². The van der Waals surface area contributed by atoms with E-state index in [1.165, 1.54) is 0 Å². The van der Waals surface area contributed by atoms with E-state index in [-0.39, 0.29) is 5.91 Å². The molecule has 25 heavy (non-hydrogen) atoms. The molecule has 4 rings (SSSR count). The van der Waals surface area contributed by atoms with E-state index in [2.05, 4.69) is 15.1 Å². The summed E-state index contributed by atoms with van der Waals surface area (Å²) in [6, 6.07) is 9.74. The van der Waals surface area contributed by atoms with E-state index in [1.807, 2.05) is 52.3 Å². The lowest BCUT2D eigenvalue weighted by Crippen LogP contribution is -2.39. The van der Waals surface area contributed by atoms with Gasteiger partial charge in [0.15, 0.2) is 0 Å². The minimum absolute atomic E-state index is 0.0959. The van der Waals surface area contributed by atoms with E-state index in [0.29, 0.717) is 12.5 Å². The maximum atomic E-state index is 12.9. The Morgan fingerprint density at radius 2 is 2.24 bits per heavy atom. The van der Waals surface area contributed by atoms with Gasteiger partial charge in [0.2, 0.25) is 0 Å². The molecule has 3 aromatic rings. The Labute approximate surface area is 146 Å². The highest BCUT2D eigenvalue weighted by Gasteiger charge is 2.26. The van der Waals surface area contributed by atoms with E-state index in [9.17, 15) is 4.79 Å². The van der Waals surface area contributed by atoms with Gasteiger partial charge in [-0.05, 0) is 36.6 Å². The maximum Gasteiger partial charge on any atom is 0.253 e. The quantitative estimate of drug-likeness (QED) is 0.797. The summed E-state index contributed by atoms with van der Waals surface area (Å²) in [6.45, 7) is 2.19. The first kappa shape index (κ1) is 15.6. The van der Waals surface area contributed by atoms with Crippen LogP contribution in [0.1, 0.15) is 40.5 Å². The van der Waals surface area contributed by atoms with Crippen molar-refractivity contribution in [1.29, 1.82) is 0 Å². The van der Waals surface area contributed by atoms with Crippen molar-refractivity contribution in [3.8, 4) is 0 Å². The molecule has 0 spiro atoms. The number of hydrogen-bond donors (Lipinski definition) is 1. The number of nitrogens with one attached hydrogen (secondary N) is 1. The van der Waals surface area contributed by atoms with Crippen molar-refractivity contribution in [2.45, 2.75) is 25.3 Å². The molecule has 1 amide bonds. The van der Waals surface area contributed by atoms with Crippen molar-refractivity contribution in [3.05, 3.63) is 72.1 Å². The van der Waals surface area contributed by atoms with Gasteiger partial charge < -0.3 is 9.88 Å². The van der Waals surface area contributed by atoms with Crippen LogP contribution in [0.5, 0.6) is 0 Å². The number of piperidine rings is 1. The molecule has 0 unspecified atom stereocenters. The highest BCUT2D eigenvalue weighted by Crippen LogP contribution is 2.25. The minimum Gasteiger partial charge on any atom is -0.348 e. The number of nitrogens with zero attached hydrogens (tertiary/aromatic N) is 4. The molecule has 128 valence electrons. The summed E-state index contributed by atoms with van der Waals surface area (Å²) < 4.78 is 1.86. The van der Waals surface area contributed by atoms with Gasteiger partial charge in [0.25, 0.3) is 5.91 Å². The summed E-state index contributed by atoms with van der Waals surface area (Å²) in [5.41, 5.74) is 1.82. The summed E-state index contributed by atoms with van der Waals surface area (Å²) in [6.07, 6.45) is 9.37. The number of imidazole rings is 1. The predicted molar refractivity (Wildman–Crippen MR) is 94.2 cm³/mol. The van der Waals surface area contributed by atoms with Crippen molar-refractivity contribution >= 4 is 5.91 Å². The number of carbonyl (C=O) groups excluding carboxylic acids is 1. The molecule has 0 bridgehead atoms. The number of benzene rings is 1. The van der Waals surface area contributed by atoms with Crippen LogP contribution in [0.25, 0.3) is 0 Å². The molecule has 2 aromatic heterocycles. The molecule has 1 aliphatic rings. The Morgan fingerprint density at radius 3 is 3.04 bits per heavy atom. The number of amides is 1. The number of likely N-dealkylation sites (tertiary alicyclic amines) is 1. The van der Waals surface area contributed by atoms with Gasteiger partial charge in [0.1, 0.15) is 5.82 Å². The summed E-state index contributed by atoms with van der Waals surface area (Å²) >= 11 is 0. The summed E-state index contributed by atoms with van der Waals surface area (Å²) in [4.78, 5) is 22.4. The topological polar surface area (TPSA) is 66.8 Å². The van der Waals surface area contributed by atoms with Gasteiger partial charge in [-0.15, -0.1) is 0 Å². The second-order valence-corrected chi connectivity index (χ2v) is 6.47. The summed E-state index contributed by atoms with van der Waals surface area (Å²) in [5.74, 6) is 1.36. The fraction of sp³-hybridized carbons (Fsp3) is 0.316. The highest BCUT2D eigenvalue weighted by atomic mass is 16.2. The van der Waals surface area contributed by atoms with Crippen LogP contribution < -0.4 is 0 Å². The third kappa shape index (κ3) is 3.47. The van der Waals surface area contributed by atoms with Crippen molar-refractivity contribution in [1.82, 2.24) is 24.6 Å². The second kappa shape index (κ2) is 6.93. The average Bonchev–Trinajstić information content (AvgIpc) is 3.35. The van der Waals surface area contributed by atoms with Gasteiger partial charge in [-0.25, -0.2) is 4.98 Å². The molecule has 6 nitrogen and oxygen atoms in total. The zero-order valence-corrected chi connectivity index (χ0v) is 14.0. The molecule has 0 radical (unpaired) electrons. The highest BCUT2D eigenvalue weighted by molar-refractivity contribution is 5.94. The van der Waals surface area contributed by atoms with Crippen LogP contribution in [0.15, 0.2) is 55.1 Å². The van der Waals surface area contributed by atoms with E-state index < -0.39 is 0 Å². The van der Waals surface area contributed by atoms with Crippen molar-refractivity contribution < 1.29 is 4.79 Å². The van der Waals surface area contributed by atoms with Crippen LogP contribution in [0.2, 0.25) is 0 Å². The lowest BCUT2D eigenvalue weighted by Gasteiger charge is -2.32. The average molecular weight is 335 g/mol. The van der Waals surface area contributed by atoms with Gasteiger partial charge in [0, 0.05) is 49.4 Å². The number of hydrogen-bond acceptors (Lipinski definition) is 3. The predicted octanol–water partition coefficient (Wildman–Crippen LogP) is 2.67. The Balaban J connectivity index is 1.48. The maximum absolute atomic E-state index is 12.9. The molecular weight excluding hydrogens is 314 g/mol. The van der Waals surface area contributed by atoms with Gasteiger partial charge in [-0.3, -0.25) is 9.48 Å². The number of carbonyl (C=O) groups is 1. The first-order valence-electron chi connectivity index (χ1n) is 8.64. The molecule has 1 saturated heterocycles. The Morgan fingerprint density at radius 1 is 1.28 bits per heavy atom. The molecule has 1 N–H and O–H groups in total. The Kier molecular flexibility index (Phi) is 4.33. The molecule has 3 heterocycles. The van der Waals surface area contributed by atoms with Crippen molar-refractivity contribution in [2.75, 3.05) is 13.1 Å². The lowest BCUT2D eigenvalue weighted by atomic mass is 9.96. The number of H-pyrrole nitrogens is 1. The van der Waals surface area contributed by atoms with Crippen LogP contribution in [0.3, 0.4) is 0 Å². The molecular formula is C19H21N5O. The molecule has 1 aliphatic heterocycles. The van der Waals surface area contributed by atoms with Crippen LogP contribution in [0, 0.1) is 0 Å². The molecule has 1 aromatic carbocycles. The fourth-order valence-electron chi connectivity index (χ4n) is 3.45. The molecule has 0 saturated carbocycles. The number of aromatic amines is 1. The smallest absolute Gasteiger partial charge is 0.253 e. The number of rotatable bonds is 4. The van der Waals surface area contributed by atoms with Gasteiger partial charge in [0.05, 0.1) is 6.54 Å². The summed E-state index contributed by atoms with van der Waals surface area (Å²) in [7, 11) is 0. The summed E-state index contributed by atoms with van der Waals surface area (Å²) in [5, 5.41) is 4.23. The van der Waals surface area contributed by atoms with E-state index in [0.717, 1.165) is 42.9 Å². The van der Waals surface area contributed by atoms with Crippen molar-refractivity contribution in [3.63, 3.8) is 0 Å². The van der Waals surface area contributed by atoms with E-state index in [4.69, 9.17) is 0 Å². The standard InChI is InChI=1S/C19H21N5O/c25-19(23-10-2-6-17(14-23)18-20-8-9-21-18)16-5-1-4-15(12-16)13-24-11-3-7-22-24/h1,3-5,7-9,11-12,17H,2,6,10,13-14H2,(H,20,21)/t17-/m0/s1. The molecule has 1 atom stereocenters. The Hall–Kier alpha value is -2.89. The Bertz CT molecular complexity index is 825. The third-order valence-electron chi connectivity index (χ3n) is 4.69. The van der Waals surface area contributed by atoms with Crippen molar-refractivity contribution in [2.24, 2.45) is 0 Å². The van der Waals surface area contributed by atoms with E-state index in [1.54, 1.807) is 12.4 Å². The zero-order chi connectivity index (χ0) is 17.1. The van der Waals surface area contributed by atoms with Crippen LogP contribution in [-0.4, -0.2) is 43.6 Å². The van der Waals surface area contributed by atoms with Crippen LogP contribution in [0.4, 0.5) is 0 Å². The third-order valence-corrected chi connectivity index (χ3v) is 4.69. The minimum atomic E-state index is 0.0959. The normalized spacial score (nSPS) is 17.6. The lowest BCUT2D eigenvalue weighted by molar-refractivity contribution is 0.0704. The van der Waals surface area contributed by atoms with Gasteiger partial charge >= 0.3 is 0 Å². The first-order valence-corrected chi connectivity index (χ1v) is 8.64. The largest absolute Gasteiger partial charge is 0.348 e. The SMILES string of the molecule is O=C(c1cccc(Cn2cccn2)c1)N1CCC[C@H](c2ncc[nH]2)C1. The fourth-order valence-corrected chi connectivity index (χ4v) is 3.45. The molecule has 1 fully saturated rings. The van der Waals surface area contributed by atoms with Crippen LogP contribution in [-0.2, 0) is 6.54 Å². The first-order chi connectivity index (χ1) is 12.3.